The first kappa shape index (κ1) is 13.6. The maximum Gasteiger partial charge on any atom is 0.0648 e. The Labute approximate surface area is 126 Å². The van der Waals surface area contributed by atoms with Crippen LogP contribution in [-0.2, 0) is 0 Å². The predicted molar refractivity (Wildman–Crippen MR) is 87.8 cm³/mol. The van der Waals surface area contributed by atoms with Crippen molar-refractivity contribution in [2.45, 2.75) is 26.7 Å². The first-order valence-electron chi connectivity index (χ1n) is 7.35. The lowest BCUT2D eigenvalue weighted by atomic mass is 10.0. The Kier molecular flexibility index (Phi) is 3.61. The standard InChI is InChI=1S/C19H20N2/c1-14(2)17-5-4-6-19(11-17)21-13-18(12-20-21)16-9-7-15(3)8-10-16/h4-14H,1-3H3. The molecule has 21 heavy (non-hydrogen) atoms. The Balaban J connectivity index is 1.94. The molecule has 3 rings (SSSR count). The third-order valence-electron chi connectivity index (χ3n) is 3.77. The van der Waals surface area contributed by atoms with Gasteiger partial charge in [0, 0.05) is 11.8 Å². The maximum atomic E-state index is 4.50. The van der Waals surface area contributed by atoms with Crippen molar-refractivity contribution >= 4 is 0 Å². The largest absolute Gasteiger partial charge is 0.240 e. The van der Waals surface area contributed by atoms with Crippen molar-refractivity contribution in [3.63, 3.8) is 0 Å². The lowest BCUT2D eigenvalue weighted by Crippen LogP contribution is -1.96. The van der Waals surface area contributed by atoms with E-state index in [-0.39, 0.29) is 0 Å². The van der Waals surface area contributed by atoms with Crippen LogP contribution >= 0.6 is 0 Å². The number of hydrogen-bond acceptors (Lipinski definition) is 1. The Morgan fingerprint density at radius 2 is 1.71 bits per heavy atom. The average molecular weight is 276 g/mol. The topological polar surface area (TPSA) is 17.8 Å². The fourth-order valence-corrected chi connectivity index (χ4v) is 2.39. The average Bonchev–Trinajstić information content (AvgIpc) is 2.98. The van der Waals surface area contributed by atoms with Crippen LogP contribution in [0.25, 0.3) is 16.8 Å². The molecule has 0 N–H and O–H groups in total. The molecule has 0 aliphatic heterocycles. The number of aryl methyl sites for hydroxylation is 1. The fraction of sp³-hybridized carbons (Fsp3) is 0.211. The Bertz CT molecular complexity index is 736. The molecule has 0 fully saturated rings. The molecular formula is C19H20N2. The lowest BCUT2D eigenvalue weighted by molar-refractivity contribution is 0.845. The first-order valence-corrected chi connectivity index (χ1v) is 7.35. The van der Waals surface area contributed by atoms with E-state index in [4.69, 9.17) is 0 Å². The summed E-state index contributed by atoms with van der Waals surface area (Å²) in [6.07, 6.45) is 4.01. The Morgan fingerprint density at radius 1 is 0.952 bits per heavy atom. The molecule has 2 aromatic carbocycles. The molecule has 0 aliphatic rings. The Morgan fingerprint density at radius 3 is 2.43 bits per heavy atom. The summed E-state index contributed by atoms with van der Waals surface area (Å²) in [6, 6.07) is 17.1. The van der Waals surface area contributed by atoms with Crippen molar-refractivity contribution < 1.29 is 0 Å². The zero-order chi connectivity index (χ0) is 14.8. The lowest BCUT2D eigenvalue weighted by Gasteiger charge is -2.08. The van der Waals surface area contributed by atoms with Gasteiger partial charge >= 0.3 is 0 Å². The number of hydrogen-bond donors (Lipinski definition) is 0. The van der Waals surface area contributed by atoms with Crippen LogP contribution in [0.4, 0.5) is 0 Å². The van der Waals surface area contributed by atoms with Gasteiger partial charge in [0.15, 0.2) is 0 Å². The van der Waals surface area contributed by atoms with Gasteiger partial charge in [0.1, 0.15) is 0 Å². The second kappa shape index (κ2) is 5.57. The Hall–Kier alpha value is -2.35. The van der Waals surface area contributed by atoms with Crippen molar-refractivity contribution in [1.82, 2.24) is 9.78 Å². The van der Waals surface area contributed by atoms with Crippen molar-refractivity contribution in [2.75, 3.05) is 0 Å². The van der Waals surface area contributed by atoms with Crippen molar-refractivity contribution in [1.29, 1.82) is 0 Å². The van der Waals surface area contributed by atoms with Gasteiger partial charge in [-0.15, -0.1) is 0 Å². The highest BCUT2D eigenvalue weighted by Gasteiger charge is 2.05. The summed E-state index contributed by atoms with van der Waals surface area (Å²) in [7, 11) is 0. The van der Waals surface area contributed by atoms with E-state index in [2.05, 4.69) is 80.6 Å². The molecule has 2 heteroatoms. The van der Waals surface area contributed by atoms with E-state index in [1.54, 1.807) is 0 Å². The molecule has 0 saturated heterocycles. The highest BCUT2D eigenvalue weighted by molar-refractivity contribution is 5.62. The third-order valence-corrected chi connectivity index (χ3v) is 3.77. The number of benzene rings is 2. The minimum Gasteiger partial charge on any atom is -0.240 e. The minimum absolute atomic E-state index is 0.525. The monoisotopic (exact) mass is 276 g/mol. The molecule has 3 aromatic rings. The normalized spacial score (nSPS) is 11.0. The van der Waals surface area contributed by atoms with E-state index < -0.39 is 0 Å². The zero-order valence-electron chi connectivity index (χ0n) is 12.7. The zero-order valence-corrected chi connectivity index (χ0v) is 12.7. The minimum atomic E-state index is 0.525. The van der Waals surface area contributed by atoms with Gasteiger partial charge in [-0.05, 0) is 36.1 Å². The van der Waals surface area contributed by atoms with Crippen LogP contribution in [0.2, 0.25) is 0 Å². The summed E-state index contributed by atoms with van der Waals surface area (Å²) in [5.41, 5.74) is 6.06. The van der Waals surface area contributed by atoms with Crippen molar-refractivity contribution in [3.05, 3.63) is 72.1 Å². The van der Waals surface area contributed by atoms with E-state index in [0.29, 0.717) is 5.92 Å². The number of nitrogens with zero attached hydrogens (tertiary/aromatic N) is 2. The van der Waals surface area contributed by atoms with Crippen LogP contribution < -0.4 is 0 Å². The van der Waals surface area contributed by atoms with E-state index in [1.165, 1.54) is 16.7 Å². The second-order valence-corrected chi connectivity index (χ2v) is 5.79. The van der Waals surface area contributed by atoms with E-state index in [0.717, 1.165) is 11.3 Å². The summed E-state index contributed by atoms with van der Waals surface area (Å²) in [5, 5.41) is 4.50. The van der Waals surface area contributed by atoms with Crippen LogP contribution in [0.15, 0.2) is 60.9 Å². The highest BCUT2D eigenvalue weighted by atomic mass is 15.3. The van der Waals surface area contributed by atoms with Gasteiger partial charge < -0.3 is 0 Å². The summed E-state index contributed by atoms with van der Waals surface area (Å²) in [4.78, 5) is 0. The SMILES string of the molecule is Cc1ccc(-c2cnn(-c3cccc(C(C)C)c3)c2)cc1. The fourth-order valence-electron chi connectivity index (χ4n) is 2.39. The molecule has 0 bridgehead atoms. The maximum absolute atomic E-state index is 4.50. The van der Waals surface area contributed by atoms with E-state index in [9.17, 15) is 0 Å². The molecule has 1 heterocycles. The third kappa shape index (κ3) is 2.89. The number of rotatable bonds is 3. The van der Waals surface area contributed by atoms with Crippen LogP contribution in [0, 0.1) is 6.92 Å². The van der Waals surface area contributed by atoms with Crippen LogP contribution in [0.5, 0.6) is 0 Å². The van der Waals surface area contributed by atoms with Gasteiger partial charge in [-0.3, -0.25) is 0 Å². The van der Waals surface area contributed by atoms with Gasteiger partial charge in [-0.2, -0.15) is 5.10 Å². The van der Waals surface area contributed by atoms with E-state index >= 15 is 0 Å². The summed E-state index contributed by atoms with van der Waals surface area (Å²) >= 11 is 0. The quantitative estimate of drug-likeness (QED) is 0.660. The first-order chi connectivity index (χ1) is 10.1. The smallest absolute Gasteiger partial charge is 0.0648 e. The molecule has 0 amide bonds. The molecule has 106 valence electrons. The van der Waals surface area contributed by atoms with Crippen LogP contribution in [0.3, 0.4) is 0 Å². The molecular weight excluding hydrogens is 256 g/mol. The molecule has 0 spiro atoms. The molecule has 0 radical (unpaired) electrons. The molecule has 2 nitrogen and oxygen atoms in total. The van der Waals surface area contributed by atoms with Crippen LogP contribution in [0.1, 0.15) is 30.9 Å². The van der Waals surface area contributed by atoms with Crippen molar-refractivity contribution in [2.24, 2.45) is 0 Å². The summed E-state index contributed by atoms with van der Waals surface area (Å²) < 4.78 is 1.95. The summed E-state index contributed by atoms with van der Waals surface area (Å²) in [5.74, 6) is 0.525. The van der Waals surface area contributed by atoms with Gasteiger partial charge in [0.25, 0.3) is 0 Å². The van der Waals surface area contributed by atoms with E-state index in [1.807, 2.05) is 10.9 Å². The highest BCUT2D eigenvalue weighted by Crippen LogP contribution is 2.22. The van der Waals surface area contributed by atoms with Gasteiger partial charge in [-0.1, -0.05) is 55.8 Å². The number of aromatic nitrogens is 2. The molecule has 0 atom stereocenters. The molecule has 0 unspecified atom stereocenters. The van der Waals surface area contributed by atoms with Gasteiger partial charge in [-0.25, -0.2) is 4.68 Å². The molecule has 1 aromatic heterocycles. The van der Waals surface area contributed by atoms with Crippen molar-refractivity contribution in [3.8, 4) is 16.8 Å². The van der Waals surface area contributed by atoms with Gasteiger partial charge in [0.2, 0.25) is 0 Å². The molecule has 0 aliphatic carbocycles. The summed E-state index contributed by atoms with van der Waals surface area (Å²) in [6.45, 7) is 6.52. The molecule has 0 saturated carbocycles. The second-order valence-electron chi connectivity index (χ2n) is 5.79. The predicted octanol–water partition coefficient (Wildman–Crippen LogP) is 4.97. The van der Waals surface area contributed by atoms with Gasteiger partial charge in [0.05, 0.1) is 11.9 Å². The van der Waals surface area contributed by atoms with Crippen LogP contribution in [-0.4, -0.2) is 9.78 Å².